The number of carboxylic acids is 1. The highest BCUT2D eigenvalue weighted by Crippen LogP contribution is 2.19. The molecule has 1 aliphatic rings. The lowest BCUT2D eigenvalue weighted by Gasteiger charge is -2.31. The normalized spacial score (nSPS) is 21.7. The third kappa shape index (κ3) is 3.93. The molecule has 1 unspecified atom stereocenters. The monoisotopic (exact) mass is 279 g/mol. The smallest absolute Gasteiger partial charge is 0.322 e. The zero-order valence-corrected chi connectivity index (χ0v) is 10.6. The second-order valence-electron chi connectivity index (χ2n) is 4.08. The fourth-order valence-corrected chi connectivity index (χ4v) is 3.25. The van der Waals surface area contributed by atoms with E-state index >= 15 is 0 Å². The molecule has 0 radical (unpaired) electrons. The molecule has 1 saturated heterocycles. The number of carbonyl (C=O) groups is 2. The Morgan fingerprint density at radius 2 is 2.06 bits per heavy atom. The molecule has 1 fully saturated rings. The molecule has 0 spiro atoms. The Kier molecular flexibility index (Phi) is 5.05. The van der Waals surface area contributed by atoms with E-state index < -0.39 is 28.1 Å². The van der Waals surface area contributed by atoms with Gasteiger partial charge in [-0.3, -0.25) is 9.59 Å². The van der Waals surface area contributed by atoms with E-state index in [0.29, 0.717) is 19.3 Å². The summed E-state index contributed by atoms with van der Waals surface area (Å²) in [6, 6.07) is -1.04. The fraction of sp³-hybridized carbons (Fsp3) is 0.778. The van der Waals surface area contributed by atoms with Gasteiger partial charge in [0.25, 0.3) is 10.2 Å². The van der Waals surface area contributed by atoms with Gasteiger partial charge in [0.1, 0.15) is 6.04 Å². The maximum atomic E-state index is 11.9. The van der Waals surface area contributed by atoms with E-state index in [2.05, 4.69) is 4.72 Å². The minimum Gasteiger partial charge on any atom is -0.480 e. The Hall–Kier alpha value is -1.19. The zero-order chi connectivity index (χ0) is 13.8. The van der Waals surface area contributed by atoms with Gasteiger partial charge in [0.05, 0.1) is 0 Å². The summed E-state index contributed by atoms with van der Waals surface area (Å²) in [5.41, 5.74) is 4.89. The molecule has 0 aromatic carbocycles. The molecule has 18 heavy (non-hydrogen) atoms. The van der Waals surface area contributed by atoms with E-state index in [1.54, 1.807) is 0 Å². The van der Waals surface area contributed by atoms with Gasteiger partial charge in [0.2, 0.25) is 5.91 Å². The number of hydrogen-bond acceptors (Lipinski definition) is 4. The molecule has 8 nitrogen and oxygen atoms in total. The Bertz CT molecular complexity index is 422. The standard InChI is InChI=1S/C9H17N3O5S/c10-8(13)4-5-11-18(16,17)12-6-2-1-3-7(12)9(14)15/h7,11H,1-6H2,(H2,10,13)(H,14,15). The van der Waals surface area contributed by atoms with Crippen LogP contribution in [0.25, 0.3) is 0 Å². The first-order valence-corrected chi connectivity index (χ1v) is 7.06. The molecule has 0 aromatic rings. The third-order valence-corrected chi connectivity index (χ3v) is 4.33. The van der Waals surface area contributed by atoms with Gasteiger partial charge >= 0.3 is 5.97 Å². The second kappa shape index (κ2) is 6.12. The van der Waals surface area contributed by atoms with Gasteiger partial charge in [-0.25, -0.2) is 4.72 Å². The van der Waals surface area contributed by atoms with Crippen LogP contribution in [0.15, 0.2) is 0 Å². The Balaban J connectivity index is 2.69. The van der Waals surface area contributed by atoms with Crippen LogP contribution in [0.4, 0.5) is 0 Å². The predicted molar refractivity (Wildman–Crippen MR) is 62.7 cm³/mol. The number of piperidine rings is 1. The van der Waals surface area contributed by atoms with Gasteiger partial charge in [-0.2, -0.15) is 12.7 Å². The average molecular weight is 279 g/mol. The summed E-state index contributed by atoms with van der Waals surface area (Å²) in [5, 5.41) is 8.98. The lowest BCUT2D eigenvalue weighted by atomic mass is 10.1. The Morgan fingerprint density at radius 3 is 2.61 bits per heavy atom. The van der Waals surface area contributed by atoms with Crippen molar-refractivity contribution in [3.8, 4) is 0 Å². The van der Waals surface area contributed by atoms with Crippen LogP contribution in [0.3, 0.4) is 0 Å². The first kappa shape index (κ1) is 14.9. The van der Waals surface area contributed by atoms with Gasteiger partial charge in [0, 0.05) is 19.5 Å². The van der Waals surface area contributed by atoms with Crippen LogP contribution in [0, 0.1) is 0 Å². The van der Waals surface area contributed by atoms with Crippen LogP contribution >= 0.6 is 0 Å². The Morgan fingerprint density at radius 1 is 1.39 bits per heavy atom. The van der Waals surface area contributed by atoms with Crippen LogP contribution in [0.1, 0.15) is 25.7 Å². The number of hydrogen-bond donors (Lipinski definition) is 3. The largest absolute Gasteiger partial charge is 0.480 e. The zero-order valence-electron chi connectivity index (χ0n) is 9.83. The lowest BCUT2D eigenvalue weighted by molar-refractivity contribution is -0.142. The van der Waals surface area contributed by atoms with Crippen molar-refractivity contribution >= 4 is 22.1 Å². The van der Waals surface area contributed by atoms with E-state index in [0.717, 1.165) is 4.31 Å². The van der Waals surface area contributed by atoms with E-state index in [-0.39, 0.29) is 19.5 Å². The van der Waals surface area contributed by atoms with Crippen molar-refractivity contribution in [1.29, 1.82) is 0 Å². The highest BCUT2D eigenvalue weighted by Gasteiger charge is 2.36. The van der Waals surface area contributed by atoms with Gasteiger partial charge in [0.15, 0.2) is 0 Å². The van der Waals surface area contributed by atoms with E-state index in [9.17, 15) is 18.0 Å². The molecule has 4 N–H and O–H groups in total. The van der Waals surface area contributed by atoms with Crippen molar-refractivity contribution < 1.29 is 23.1 Å². The van der Waals surface area contributed by atoms with Gasteiger partial charge < -0.3 is 10.8 Å². The number of primary amides is 1. The maximum absolute atomic E-state index is 11.9. The van der Waals surface area contributed by atoms with Crippen molar-refractivity contribution in [2.75, 3.05) is 13.1 Å². The van der Waals surface area contributed by atoms with Gasteiger partial charge in [-0.15, -0.1) is 0 Å². The van der Waals surface area contributed by atoms with Crippen LogP contribution in [-0.4, -0.2) is 48.8 Å². The number of nitrogens with two attached hydrogens (primary N) is 1. The summed E-state index contributed by atoms with van der Waals surface area (Å²) in [4.78, 5) is 21.5. The number of nitrogens with zero attached hydrogens (tertiary/aromatic N) is 1. The topological polar surface area (TPSA) is 130 Å². The molecule has 1 aliphatic heterocycles. The molecule has 1 rings (SSSR count). The predicted octanol–water partition coefficient (Wildman–Crippen LogP) is -1.36. The highest BCUT2D eigenvalue weighted by molar-refractivity contribution is 7.87. The summed E-state index contributed by atoms with van der Waals surface area (Å²) in [7, 11) is -3.88. The molecule has 1 amide bonds. The summed E-state index contributed by atoms with van der Waals surface area (Å²) < 4.78 is 26.9. The lowest BCUT2D eigenvalue weighted by Crippen LogP contribution is -2.52. The molecule has 0 aromatic heterocycles. The van der Waals surface area contributed by atoms with Crippen molar-refractivity contribution in [2.45, 2.75) is 31.7 Å². The maximum Gasteiger partial charge on any atom is 0.322 e. The first-order valence-electron chi connectivity index (χ1n) is 5.62. The van der Waals surface area contributed by atoms with Crippen LogP contribution < -0.4 is 10.5 Å². The van der Waals surface area contributed by atoms with Crippen LogP contribution in [0.2, 0.25) is 0 Å². The third-order valence-electron chi connectivity index (χ3n) is 2.70. The molecule has 1 heterocycles. The van der Waals surface area contributed by atoms with Crippen LogP contribution in [-0.2, 0) is 19.8 Å². The minimum atomic E-state index is -3.88. The number of carboxylic acid groups (broad SMARTS) is 1. The molecule has 0 saturated carbocycles. The summed E-state index contributed by atoms with van der Waals surface area (Å²) >= 11 is 0. The fourth-order valence-electron chi connectivity index (χ4n) is 1.83. The number of aliphatic carboxylic acids is 1. The summed E-state index contributed by atoms with van der Waals surface area (Å²) in [6.45, 7) is 0.0450. The van der Waals surface area contributed by atoms with Crippen molar-refractivity contribution in [3.63, 3.8) is 0 Å². The van der Waals surface area contributed by atoms with Crippen molar-refractivity contribution in [3.05, 3.63) is 0 Å². The number of rotatable bonds is 6. The molecular weight excluding hydrogens is 262 g/mol. The van der Waals surface area contributed by atoms with Gasteiger partial charge in [-0.05, 0) is 19.3 Å². The SMILES string of the molecule is NC(=O)CCNS(=O)(=O)N1CCCCC1C(=O)O. The molecule has 9 heteroatoms. The van der Waals surface area contributed by atoms with Crippen LogP contribution in [0.5, 0.6) is 0 Å². The number of carbonyl (C=O) groups excluding carboxylic acids is 1. The Labute approximate surface area is 105 Å². The average Bonchev–Trinajstić information content (AvgIpc) is 2.28. The molecule has 1 atom stereocenters. The van der Waals surface area contributed by atoms with Gasteiger partial charge in [-0.1, -0.05) is 0 Å². The summed E-state index contributed by atoms with van der Waals surface area (Å²) in [5.74, 6) is -1.78. The first-order chi connectivity index (χ1) is 8.34. The molecule has 104 valence electrons. The quantitative estimate of drug-likeness (QED) is 0.552. The number of amides is 1. The van der Waals surface area contributed by atoms with E-state index in [1.165, 1.54) is 0 Å². The number of nitrogens with one attached hydrogen (secondary N) is 1. The summed E-state index contributed by atoms with van der Waals surface area (Å²) in [6.07, 6.45) is 1.49. The van der Waals surface area contributed by atoms with E-state index in [1.807, 2.05) is 0 Å². The molecule has 0 aliphatic carbocycles. The van der Waals surface area contributed by atoms with E-state index in [4.69, 9.17) is 10.8 Å². The molecular formula is C9H17N3O5S. The highest BCUT2D eigenvalue weighted by atomic mass is 32.2. The molecule has 0 bridgehead atoms. The van der Waals surface area contributed by atoms with Crippen molar-refractivity contribution in [2.24, 2.45) is 5.73 Å². The minimum absolute atomic E-state index is 0.120. The second-order valence-corrected chi connectivity index (χ2v) is 5.78. The van der Waals surface area contributed by atoms with Crippen molar-refractivity contribution in [1.82, 2.24) is 9.03 Å².